The van der Waals surface area contributed by atoms with Crippen molar-refractivity contribution in [3.05, 3.63) is 52.5 Å². The molecule has 0 spiro atoms. The zero-order valence-electron chi connectivity index (χ0n) is 14.9. The summed E-state index contributed by atoms with van der Waals surface area (Å²) >= 11 is 12.0. The third-order valence-electron chi connectivity index (χ3n) is 3.51. The molecule has 0 radical (unpaired) electrons. The van der Waals surface area contributed by atoms with Gasteiger partial charge in [0.2, 0.25) is 15.9 Å². The minimum absolute atomic E-state index is 0.191. The molecule has 1 N–H and O–H groups in total. The van der Waals surface area contributed by atoms with E-state index in [4.69, 9.17) is 27.9 Å². The van der Waals surface area contributed by atoms with Gasteiger partial charge in [-0.15, -0.1) is 0 Å². The predicted molar refractivity (Wildman–Crippen MR) is 110 cm³/mol. The van der Waals surface area contributed by atoms with Gasteiger partial charge >= 0.3 is 0 Å². The first kappa shape index (κ1) is 21.3. The summed E-state index contributed by atoms with van der Waals surface area (Å²) in [5.41, 5.74) is 0.666. The van der Waals surface area contributed by atoms with Gasteiger partial charge in [0.1, 0.15) is 12.3 Å². The second-order valence-corrected chi connectivity index (χ2v) is 8.45. The van der Waals surface area contributed by atoms with Crippen molar-refractivity contribution in [3.63, 3.8) is 0 Å². The Balaban J connectivity index is 2.17. The number of hydrogen-bond donors (Lipinski definition) is 1. The molecule has 0 aliphatic carbocycles. The summed E-state index contributed by atoms with van der Waals surface area (Å²) < 4.78 is 30.8. The van der Waals surface area contributed by atoms with Crippen LogP contribution in [0.25, 0.3) is 0 Å². The lowest BCUT2D eigenvalue weighted by molar-refractivity contribution is -0.114. The Morgan fingerprint density at radius 2 is 1.81 bits per heavy atom. The molecule has 0 saturated carbocycles. The van der Waals surface area contributed by atoms with E-state index in [1.54, 1.807) is 42.5 Å². The zero-order valence-corrected chi connectivity index (χ0v) is 17.2. The van der Waals surface area contributed by atoms with E-state index in [-0.39, 0.29) is 10.0 Å². The highest BCUT2D eigenvalue weighted by Crippen LogP contribution is 2.29. The first-order valence-corrected chi connectivity index (χ1v) is 10.8. The van der Waals surface area contributed by atoms with Gasteiger partial charge in [-0.05, 0) is 42.8 Å². The third-order valence-corrected chi connectivity index (χ3v) is 5.47. The van der Waals surface area contributed by atoms with E-state index in [1.807, 2.05) is 6.92 Å². The molecule has 0 fully saturated rings. The number of amides is 1. The Labute approximate surface area is 169 Å². The Morgan fingerprint density at radius 1 is 1.15 bits per heavy atom. The molecule has 9 heteroatoms. The van der Waals surface area contributed by atoms with Gasteiger partial charge in [0.15, 0.2) is 0 Å². The van der Waals surface area contributed by atoms with Gasteiger partial charge in [-0.25, -0.2) is 8.42 Å². The molecule has 6 nitrogen and oxygen atoms in total. The zero-order chi connectivity index (χ0) is 20.0. The van der Waals surface area contributed by atoms with Crippen LogP contribution in [-0.4, -0.2) is 33.7 Å². The predicted octanol–water partition coefficient (Wildman–Crippen LogP) is 4.19. The number of benzene rings is 2. The largest absolute Gasteiger partial charge is 0.494 e. The average molecular weight is 431 g/mol. The Bertz CT molecular complexity index is 902. The van der Waals surface area contributed by atoms with Crippen LogP contribution in [0.15, 0.2) is 42.5 Å². The highest BCUT2D eigenvalue weighted by molar-refractivity contribution is 7.92. The van der Waals surface area contributed by atoms with Gasteiger partial charge in [-0.3, -0.25) is 9.10 Å². The summed E-state index contributed by atoms with van der Waals surface area (Å²) in [6.07, 6.45) is 1.90. The molecule has 0 unspecified atom stereocenters. The van der Waals surface area contributed by atoms with Gasteiger partial charge < -0.3 is 10.1 Å². The van der Waals surface area contributed by atoms with Crippen molar-refractivity contribution in [2.75, 3.05) is 29.0 Å². The molecule has 1 amide bonds. The minimum atomic E-state index is -3.68. The number of hydrogen-bond acceptors (Lipinski definition) is 4. The molecular formula is C18H20Cl2N2O4S. The fourth-order valence-corrected chi connectivity index (χ4v) is 3.45. The average Bonchev–Trinajstić information content (AvgIpc) is 2.61. The number of sulfonamides is 1. The lowest BCUT2D eigenvalue weighted by atomic mass is 10.3. The van der Waals surface area contributed by atoms with Crippen LogP contribution in [0.5, 0.6) is 5.75 Å². The molecule has 2 aromatic rings. The normalized spacial score (nSPS) is 11.1. The standard InChI is InChI=1S/C18H20Cl2N2O4S/c1-3-11-26-14-9-7-13(8-10-14)22(27(2,24)25)12-17(23)21-16-6-4-5-15(19)18(16)20/h4-10H,3,11-12H2,1-2H3,(H,21,23). The van der Waals surface area contributed by atoms with E-state index < -0.39 is 22.5 Å². The van der Waals surface area contributed by atoms with Crippen LogP contribution in [0.2, 0.25) is 10.0 Å². The van der Waals surface area contributed by atoms with Crippen LogP contribution < -0.4 is 14.4 Å². The second-order valence-electron chi connectivity index (χ2n) is 5.76. The molecular weight excluding hydrogens is 411 g/mol. The van der Waals surface area contributed by atoms with E-state index in [9.17, 15) is 13.2 Å². The van der Waals surface area contributed by atoms with Crippen LogP contribution in [0.1, 0.15) is 13.3 Å². The lowest BCUT2D eigenvalue weighted by Crippen LogP contribution is -2.37. The molecule has 0 saturated heterocycles. The monoisotopic (exact) mass is 430 g/mol. The number of nitrogens with zero attached hydrogens (tertiary/aromatic N) is 1. The van der Waals surface area contributed by atoms with Gasteiger partial charge in [0, 0.05) is 0 Å². The van der Waals surface area contributed by atoms with Crippen molar-refractivity contribution in [3.8, 4) is 5.75 Å². The molecule has 27 heavy (non-hydrogen) atoms. The SMILES string of the molecule is CCCOc1ccc(N(CC(=O)Nc2cccc(Cl)c2Cl)S(C)(=O)=O)cc1. The molecule has 2 aromatic carbocycles. The fraction of sp³-hybridized carbons (Fsp3) is 0.278. The van der Waals surface area contributed by atoms with Gasteiger partial charge in [0.25, 0.3) is 0 Å². The highest BCUT2D eigenvalue weighted by Gasteiger charge is 2.21. The van der Waals surface area contributed by atoms with E-state index in [0.717, 1.165) is 17.0 Å². The van der Waals surface area contributed by atoms with Gasteiger partial charge in [-0.1, -0.05) is 36.2 Å². The number of halogens is 2. The number of nitrogens with one attached hydrogen (secondary N) is 1. The van der Waals surface area contributed by atoms with Crippen molar-refractivity contribution in [2.24, 2.45) is 0 Å². The number of rotatable bonds is 8. The maximum atomic E-state index is 12.4. The first-order chi connectivity index (χ1) is 12.7. The van der Waals surface area contributed by atoms with Gasteiger partial charge in [0.05, 0.1) is 34.3 Å². The molecule has 0 aliphatic heterocycles. The highest BCUT2D eigenvalue weighted by atomic mass is 35.5. The molecule has 146 valence electrons. The van der Waals surface area contributed by atoms with Crippen LogP contribution in [0, 0.1) is 0 Å². The number of ether oxygens (including phenoxy) is 1. The smallest absolute Gasteiger partial charge is 0.245 e. The summed E-state index contributed by atoms with van der Waals surface area (Å²) in [7, 11) is -3.68. The number of carbonyl (C=O) groups excluding carboxylic acids is 1. The van der Waals surface area contributed by atoms with Crippen molar-refractivity contribution >= 4 is 50.5 Å². The van der Waals surface area contributed by atoms with Crippen molar-refractivity contribution in [1.82, 2.24) is 0 Å². The summed E-state index contributed by atoms with van der Waals surface area (Å²) in [6, 6.07) is 11.3. The van der Waals surface area contributed by atoms with Crippen LogP contribution in [0.4, 0.5) is 11.4 Å². The van der Waals surface area contributed by atoms with E-state index in [2.05, 4.69) is 5.32 Å². The lowest BCUT2D eigenvalue weighted by Gasteiger charge is -2.22. The number of carbonyl (C=O) groups is 1. The second kappa shape index (κ2) is 9.30. The van der Waals surface area contributed by atoms with Gasteiger partial charge in [-0.2, -0.15) is 0 Å². The minimum Gasteiger partial charge on any atom is -0.494 e. The topological polar surface area (TPSA) is 75.7 Å². The van der Waals surface area contributed by atoms with E-state index in [0.29, 0.717) is 23.7 Å². The van der Waals surface area contributed by atoms with Crippen molar-refractivity contribution in [1.29, 1.82) is 0 Å². The van der Waals surface area contributed by atoms with E-state index in [1.165, 1.54) is 0 Å². The Morgan fingerprint density at radius 3 is 2.41 bits per heavy atom. The maximum absolute atomic E-state index is 12.4. The van der Waals surface area contributed by atoms with Crippen LogP contribution in [-0.2, 0) is 14.8 Å². The number of anilines is 2. The molecule has 0 bridgehead atoms. The maximum Gasteiger partial charge on any atom is 0.245 e. The summed E-state index contributed by atoms with van der Waals surface area (Å²) in [4.78, 5) is 12.4. The summed E-state index contributed by atoms with van der Waals surface area (Å²) in [5, 5.41) is 3.06. The first-order valence-electron chi connectivity index (χ1n) is 8.16. The fourth-order valence-electron chi connectivity index (χ4n) is 2.25. The molecule has 0 aromatic heterocycles. The summed E-state index contributed by atoms with van der Waals surface area (Å²) in [5.74, 6) is 0.0834. The Kier molecular flexibility index (Phi) is 7.35. The third kappa shape index (κ3) is 6.02. The summed E-state index contributed by atoms with van der Waals surface area (Å²) in [6.45, 7) is 2.15. The molecule has 2 rings (SSSR count). The van der Waals surface area contributed by atoms with E-state index >= 15 is 0 Å². The van der Waals surface area contributed by atoms with Crippen LogP contribution in [0.3, 0.4) is 0 Å². The quantitative estimate of drug-likeness (QED) is 0.680. The Hall–Kier alpha value is -1.96. The molecule has 0 aliphatic rings. The molecule has 0 heterocycles. The van der Waals surface area contributed by atoms with Crippen molar-refractivity contribution < 1.29 is 17.9 Å². The van der Waals surface area contributed by atoms with Crippen molar-refractivity contribution in [2.45, 2.75) is 13.3 Å². The van der Waals surface area contributed by atoms with Crippen LogP contribution >= 0.6 is 23.2 Å². The molecule has 0 atom stereocenters.